The summed E-state index contributed by atoms with van der Waals surface area (Å²) in [6, 6.07) is -1.60. The molecule has 0 bridgehead atoms. The van der Waals surface area contributed by atoms with Gasteiger partial charge in [0.2, 0.25) is 5.91 Å². The molecule has 2 amide bonds. The van der Waals surface area contributed by atoms with Crippen molar-refractivity contribution in [2.45, 2.75) is 86.7 Å². The lowest BCUT2D eigenvalue weighted by molar-refractivity contribution is -0.193. The fraction of sp³-hybridized carbons (Fsp3) is 0.568. The Morgan fingerprint density at radius 3 is 1.48 bits per heavy atom. The number of methoxy groups -OCH3 is 1. The van der Waals surface area contributed by atoms with Crippen molar-refractivity contribution in [2.75, 3.05) is 47.9 Å². The third kappa shape index (κ3) is 21.2. The molecule has 2 unspecified atom stereocenters. The Balaban J connectivity index is 0. The maximum absolute atomic E-state index is 13.0. The summed E-state index contributed by atoms with van der Waals surface area (Å²) in [5.74, 6) is -1.76. The van der Waals surface area contributed by atoms with Crippen LogP contribution in [0.2, 0.25) is 0 Å². The molecule has 0 saturated carbocycles. The monoisotopic (exact) mass is 872 g/mol. The molecule has 0 aliphatic heterocycles. The number of carbonyl (C=O) groups is 5. The predicted octanol–water partition coefficient (Wildman–Crippen LogP) is 1.11. The molecule has 3 rings (SSSR count). The molecular formula is C37H52N4O20. The molecule has 61 heavy (non-hydrogen) atoms. The van der Waals surface area contributed by atoms with Crippen LogP contribution in [-0.4, -0.2) is 122 Å². The number of ether oxygens (including phenoxy) is 2. The van der Waals surface area contributed by atoms with Gasteiger partial charge in [-0.1, -0.05) is 6.92 Å². The van der Waals surface area contributed by atoms with Crippen molar-refractivity contribution in [3.05, 3.63) is 66.4 Å². The lowest BCUT2D eigenvalue weighted by Crippen LogP contribution is -2.52. The Bertz CT molecular complexity index is 2020. The summed E-state index contributed by atoms with van der Waals surface area (Å²) in [4.78, 5) is 129. The number of nitrogens with zero attached hydrogens (tertiary/aromatic N) is 4. The first-order valence-electron chi connectivity index (χ1n) is 18.0. The van der Waals surface area contributed by atoms with Gasteiger partial charge in [-0.2, -0.15) is 19.2 Å². The zero-order valence-corrected chi connectivity index (χ0v) is 35.8. The van der Waals surface area contributed by atoms with E-state index >= 15 is 0 Å². The number of hydrogen-bond donors (Lipinski definition) is 0. The van der Waals surface area contributed by atoms with Gasteiger partial charge in [0.25, 0.3) is 0 Å². The Morgan fingerprint density at radius 1 is 0.689 bits per heavy atom. The first kappa shape index (κ1) is 56.4. The lowest BCUT2D eigenvalue weighted by Gasteiger charge is -2.33. The van der Waals surface area contributed by atoms with E-state index in [0.29, 0.717) is 54.5 Å². The summed E-state index contributed by atoms with van der Waals surface area (Å²) in [5, 5.41) is 0. The molecular weight excluding hydrogens is 820 g/mol. The molecule has 0 saturated heterocycles. The second kappa shape index (κ2) is 30.3. The molecule has 3 heterocycles. The number of aryl methyl sites for hydroxylation is 3. The molecule has 0 aromatic carbocycles. The Morgan fingerprint density at radius 2 is 1.11 bits per heavy atom. The van der Waals surface area contributed by atoms with E-state index in [2.05, 4.69) is 8.83 Å². The molecule has 0 N–H and O–H groups in total. The molecule has 0 radical (unpaired) electrons. The van der Waals surface area contributed by atoms with E-state index in [1.165, 1.54) is 23.8 Å². The highest BCUT2D eigenvalue weighted by Gasteiger charge is 2.32. The molecule has 2 atom stereocenters. The van der Waals surface area contributed by atoms with Crippen molar-refractivity contribution >= 4 is 42.8 Å². The highest BCUT2D eigenvalue weighted by molar-refractivity contribution is 5.87. The number of rotatable bonds is 17. The van der Waals surface area contributed by atoms with E-state index < -0.39 is 53.4 Å². The van der Waals surface area contributed by atoms with Crippen LogP contribution in [0.25, 0.3) is 0 Å². The average Bonchev–Trinajstić information content (AvgIpc) is 3.85. The molecule has 24 heteroatoms. The molecule has 24 nitrogen and oxygen atoms in total. The van der Waals surface area contributed by atoms with E-state index in [0.717, 1.165) is 6.54 Å². The highest BCUT2D eigenvalue weighted by Crippen LogP contribution is 2.15. The standard InChI is InChI=1S/C18H26N2O8.C9H13NO5.C8H13NO3.2CO2/c1-11(19(4)8-15-13(3)27-18(25)28-15)16(23)20(12(2)17(24)26-5)7-6-14(9-21)10-22;1-4-10(3)8(11)13-5-7-6(2)14-9(12)15-7;1-4-9(3)5-7-6(2)11-8(10)12-7;2*2-1-3/h9-12,14H,6-8H2,1-5H3;4-5H2,1-3H3;4-5H2,1-3H3;;. The summed E-state index contributed by atoms with van der Waals surface area (Å²) in [7, 11) is 6.42. The number of hydrogen-bond acceptors (Lipinski definition) is 22. The predicted molar refractivity (Wildman–Crippen MR) is 201 cm³/mol. The molecule has 0 aliphatic carbocycles. The zero-order valence-electron chi connectivity index (χ0n) is 35.8. The van der Waals surface area contributed by atoms with Crippen LogP contribution in [0.5, 0.6) is 0 Å². The largest absolute Gasteiger partial charge is 0.519 e. The summed E-state index contributed by atoms with van der Waals surface area (Å²) in [5.41, 5.74) is 0. The van der Waals surface area contributed by atoms with Crippen LogP contribution < -0.4 is 17.5 Å². The van der Waals surface area contributed by atoms with Gasteiger partial charge in [-0.25, -0.2) is 24.0 Å². The minimum absolute atomic E-state index is 0.0231. The van der Waals surface area contributed by atoms with Gasteiger partial charge < -0.3 is 55.4 Å². The first-order valence-corrected chi connectivity index (χ1v) is 18.0. The van der Waals surface area contributed by atoms with Gasteiger partial charge in [0, 0.05) is 20.1 Å². The highest BCUT2D eigenvalue weighted by atomic mass is 16.6. The summed E-state index contributed by atoms with van der Waals surface area (Å²) in [6.07, 6.45) is 1.11. The minimum atomic E-state index is -0.902. The Hall–Kier alpha value is -6.74. The van der Waals surface area contributed by atoms with Crippen LogP contribution in [0, 0.1) is 26.7 Å². The minimum Gasteiger partial charge on any atom is -0.467 e. The van der Waals surface area contributed by atoms with Crippen molar-refractivity contribution in [2.24, 2.45) is 5.92 Å². The number of likely N-dealkylation sites (N-methyl/N-ethyl adjacent to an activating group) is 1. The molecule has 3 aromatic heterocycles. The van der Waals surface area contributed by atoms with E-state index in [-0.39, 0.29) is 44.2 Å². The van der Waals surface area contributed by atoms with Crippen molar-refractivity contribution in [3.8, 4) is 0 Å². The van der Waals surface area contributed by atoms with Gasteiger partial charge in [0.15, 0.2) is 29.6 Å². The number of aldehydes is 2. The lowest BCUT2D eigenvalue weighted by atomic mass is 10.1. The van der Waals surface area contributed by atoms with Crippen molar-refractivity contribution < 1.29 is 79.1 Å². The van der Waals surface area contributed by atoms with E-state index in [4.69, 9.17) is 46.3 Å². The summed E-state index contributed by atoms with van der Waals surface area (Å²) in [6.45, 7) is 14.0. The van der Waals surface area contributed by atoms with Gasteiger partial charge in [-0.15, -0.1) is 0 Å². The van der Waals surface area contributed by atoms with E-state index in [1.807, 2.05) is 25.8 Å². The van der Waals surface area contributed by atoms with Crippen LogP contribution in [0.3, 0.4) is 0 Å². The maximum atomic E-state index is 13.0. The third-order valence-electron chi connectivity index (χ3n) is 8.33. The molecule has 0 aliphatic rings. The number of amides is 2. The third-order valence-corrected chi connectivity index (χ3v) is 8.33. The van der Waals surface area contributed by atoms with Crippen molar-refractivity contribution in [1.82, 2.24) is 19.6 Å². The number of esters is 1. The van der Waals surface area contributed by atoms with E-state index in [9.17, 15) is 38.4 Å². The normalized spacial score (nSPS) is 11.0. The maximum Gasteiger partial charge on any atom is 0.519 e. The topological polar surface area (TPSA) is 315 Å². The summed E-state index contributed by atoms with van der Waals surface area (Å²) >= 11 is 0. The first-order chi connectivity index (χ1) is 28.7. The van der Waals surface area contributed by atoms with Crippen LogP contribution in [-0.2, 0) is 67.5 Å². The smallest absolute Gasteiger partial charge is 0.467 e. The second-order valence-corrected chi connectivity index (χ2v) is 12.4. The Labute approximate surface area is 348 Å². The quantitative estimate of drug-likeness (QED) is 0.104. The average molecular weight is 873 g/mol. The molecule has 340 valence electrons. The van der Waals surface area contributed by atoms with Crippen LogP contribution in [0.1, 0.15) is 68.7 Å². The SMILES string of the molecule is CCN(C)C(=O)OCc1oc(=O)oc1C.CCN(C)Cc1oc(=O)oc1C.COC(=O)C(C)N(CCC(C=O)C=O)C(=O)C(C)N(C)Cc1oc(=O)oc1C.O=C=O.O=C=O. The fourth-order valence-corrected chi connectivity index (χ4v) is 4.31. The van der Waals surface area contributed by atoms with Gasteiger partial charge in [0.1, 0.15) is 30.1 Å². The number of carbonyl (C=O) groups excluding carboxylic acids is 9. The van der Waals surface area contributed by atoms with Crippen LogP contribution >= 0.6 is 0 Å². The van der Waals surface area contributed by atoms with Crippen molar-refractivity contribution in [1.29, 1.82) is 0 Å². The van der Waals surface area contributed by atoms with Crippen LogP contribution in [0.15, 0.2) is 40.9 Å². The Kier molecular flexibility index (Phi) is 28.0. The zero-order chi connectivity index (χ0) is 47.4. The van der Waals surface area contributed by atoms with Gasteiger partial charge in [-0.3, -0.25) is 14.6 Å². The molecule has 0 fully saturated rings. The van der Waals surface area contributed by atoms with Crippen molar-refractivity contribution in [3.63, 3.8) is 0 Å². The molecule has 0 spiro atoms. The fourth-order valence-electron chi connectivity index (χ4n) is 4.31. The van der Waals surface area contributed by atoms with E-state index in [1.54, 1.807) is 46.7 Å². The van der Waals surface area contributed by atoms with Gasteiger partial charge in [0.05, 0.1) is 32.2 Å². The van der Waals surface area contributed by atoms with Gasteiger partial charge >= 0.3 is 41.8 Å². The second-order valence-electron chi connectivity index (χ2n) is 12.4. The van der Waals surface area contributed by atoms with Crippen LogP contribution in [0.4, 0.5) is 4.79 Å². The molecule has 3 aromatic rings. The summed E-state index contributed by atoms with van der Waals surface area (Å²) < 4.78 is 38.1. The van der Waals surface area contributed by atoms with Gasteiger partial charge in [-0.05, 0) is 68.6 Å².